The third kappa shape index (κ3) is 8.95. The van der Waals surface area contributed by atoms with E-state index in [2.05, 4.69) is 19.9 Å². The first kappa shape index (κ1) is 38.5. The fraction of sp³-hybridized carbons (Fsp3) is 0.0909. The summed E-state index contributed by atoms with van der Waals surface area (Å²) in [5.74, 6) is -0.156. The Morgan fingerprint density at radius 2 is 0.655 bits per heavy atom. The number of carbonyl (C=O) groups excluding carboxylic acids is 2. The summed E-state index contributed by atoms with van der Waals surface area (Å²) in [7, 11) is 0. The van der Waals surface area contributed by atoms with Gasteiger partial charge in [0, 0.05) is 0 Å². The molecular weight excluding hydrogens is 852 g/mol. The number of benzene rings is 4. The molecule has 0 aliphatic rings. The van der Waals surface area contributed by atoms with Crippen molar-refractivity contribution < 1.29 is 30.8 Å². The van der Waals surface area contributed by atoms with Gasteiger partial charge in [-0.1, -0.05) is 0 Å². The van der Waals surface area contributed by atoms with E-state index in [0.717, 1.165) is 56.5 Å². The van der Waals surface area contributed by atoms with Crippen LogP contribution in [-0.4, -0.2) is 66.5 Å². The minimum absolute atomic E-state index is 0.397. The molecule has 4 heterocycles. The number of rotatable bonds is 12. The zero-order chi connectivity index (χ0) is 40.2. The Bertz CT molecular complexity index is 2520. The van der Waals surface area contributed by atoms with E-state index in [9.17, 15) is 9.59 Å². The van der Waals surface area contributed by atoms with Crippen molar-refractivity contribution in [2.45, 2.75) is 27.7 Å². The van der Waals surface area contributed by atoms with Gasteiger partial charge in [-0.25, -0.2) is 0 Å². The Labute approximate surface area is 345 Å². The number of hydrogen-bond acceptors (Lipinski definition) is 12. The van der Waals surface area contributed by atoms with Crippen molar-refractivity contribution in [1.82, 2.24) is 19.9 Å². The SMILES string of the molecule is Cc1ccc2cccc([O][Ga]([O]C(=O)/C=C/C(=O)[O][Ga]([O]c3cccc4ccc(C)nc34)[O]c3cccc4ccc(C)nc34)[O]c3cccc4ccc(C)nc34)c2n1. The molecule has 0 saturated carbocycles. The van der Waals surface area contributed by atoms with E-state index < -0.39 is 46.6 Å². The molecule has 0 spiro atoms. The Hall–Kier alpha value is -6.33. The van der Waals surface area contributed by atoms with Crippen LogP contribution in [0.1, 0.15) is 22.8 Å². The second kappa shape index (κ2) is 17.0. The first-order valence-corrected chi connectivity index (χ1v) is 24.3. The molecule has 58 heavy (non-hydrogen) atoms. The van der Waals surface area contributed by atoms with Crippen LogP contribution in [-0.2, 0) is 16.6 Å². The fourth-order valence-electron chi connectivity index (χ4n) is 6.21. The van der Waals surface area contributed by atoms with Gasteiger partial charge in [0.1, 0.15) is 0 Å². The Balaban J connectivity index is 1.06. The van der Waals surface area contributed by atoms with Crippen LogP contribution < -0.4 is 14.1 Å². The van der Waals surface area contributed by atoms with Gasteiger partial charge < -0.3 is 0 Å². The van der Waals surface area contributed by atoms with Crippen molar-refractivity contribution in [2.24, 2.45) is 0 Å². The third-order valence-electron chi connectivity index (χ3n) is 8.96. The van der Waals surface area contributed by atoms with Crippen LogP contribution in [0, 0.1) is 27.7 Å². The predicted octanol–water partition coefficient (Wildman–Crippen LogP) is 8.34. The number of hydrogen-bond donors (Lipinski definition) is 0. The molecule has 4 aromatic carbocycles. The Morgan fingerprint density at radius 1 is 0.397 bits per heavy atom. The molecule has 0 radical (unpaired) electrons. The van der Waals surface area contributed by atoms with Gasteiger partial charge in [0.25, 0.3) is 0 Å². The topological polar surface area (TPSA) is 141 Å². The van der Waals surface area contributed by atoms with Crippen LogP contribution in [0.15, 0.2) is 133 Å². The van der Waals surface area contributed by atoms with Gasteiger partial charge in [0.15, 0.2) is 0 Å². The van der Waals surface area contributed by atoms with Crippen molar-refractivity contribution in [3.63, 3.8) is 0 Å². The Morgan fingerprint density at radius 3 is 0.914 bits per heavy atom. The van der Waals surface area contributed by atoms with Gasteiger partial charge in [-0.05, 0) is 0 Å². The molecule has 284 valence electrons. The summed E-state index contributed by atoms with van der Waals surface area (Å²) in [6, 6.07) is 37.3. The van der Waals surface area contributed by atoms with Gasteiger partial charge >= 0.3 is 348 Å². The summed E-state index contributed by atoms with van der Waals surface area (Å²) in [6.45, 7) is 7.52. The second-order valence-electron chi connectivity index (χ2n) is 13.4. The predicted molar refractivity (Wildman–Crippen MR) is 221 cm³/mol. The molecule has 0 unspecified atom stereocenters. The number of pyridine rings is 4. The van der Waals surface area contributed by atoms with Crippen LogP contribution >= 0.6 is 0 Å². The van der Waals surface area contributed by atoms with E-state index in [1.54, 1.807) is 24.3 Å². The Kier molecular flexibility index (Phi) is 11.3. The average Bonchev–Trinajstić information content (AvgIpc) is 3.21. The number of para-hydroxylation sites is 4. The fourth-order valence-corrected chi connectivity index (χ4v) is 11.3. The molecule has 14 heteroatoms. The van der Waals surface area contributed by atoms with Crippen molar-refractivity contribution in [2.75, 3.05) is 0 Å². The van der Waals surface area contributed by atoms with Gasteiger partial charge in [0.2, 0.25) is 0 Å². The summed E-state index contributed by atoms with van der Waals surface area (Å²) in [5.41, 5.74) is 5.52. The summed E-state index contributed by atoms with van der Waals surface area (Å²) in [5, 5.41) is 3.37. The zero-order valence-corrected chi connectivity index (χ0v) is 36.8. The van der Waals surface area contributed by atoms with Crippen LogP contribution in [0.5, 0.6) is 23.0 Å². The van der Waals surface area contributed by atoms with Gasteiger partial charge in [-0.15, -0.1) is 0 Å². The zero-order valence-electron chi connectivity index (χ0n) is 31.9. The number of nitrogens with zero attached hydrogens (tertiary/aromatic N) is 4. The molecular formula is C44H34Ga2N4O8. The van der Waals surface area contributed by atoms with E-state index >= 15 is 0 Å². The number of carbonyl (C=O) groups is 2. The van der Waals surface area contributed by atoms with Crippen molar-refractivity contribution in [1.29, 1.82) is 0 Å². The summed E-state index contributed by atoms with van der Waals surface area (Å²) < 4.78 is 37.2. The first-order valence-electron chi connectivity index (χ1n) is 18.4. The quantitative estimate of drug-likeness (QED) is 0.0861. The van der Waals surface area contributed by atoms with Gasteiger partial charge in [-0.3, -0.25) is 0 Å². The number of aromatic nitrogens is 4. The standard InChI is InChI=1S/4C10H9NO.C4H4O4.2Ga/c4*1-7-5-6-8-3-2-4-9(12)10(8)11-7;5-3(6)1-2-4(7)8;;/h4*2-6,12H,1H3;1-2H,(H,5,6)(H,7,8);;/q;;;;;2*+3/p-6/b;;;;2-1+;;. The molecule has 0 fully saturated rings. The average molecular weight is 886 g/mol. The molecule has 0 aliphatic carbocycles. The molecule has 0 aliphatic heterocycles. The van der Waals surface area contributed by atoms with E-state index in [-0.39, 0.29) is 0 Å². The van der Waals surface area contributed by atoms with E-state index in [0.29, 0.717) is 45.1 Å². The normalized spacial score (nSPS) is 11.2. The molecule has 0 atom stereocenters. The van der Waals surface area contributed by atoms with Crippen molar-refractivity contribution in [3.05, 3.63) is 156 Å². The monoisotopic (exact) mass is 884 g/mol. The molecule has 4 aromatic heterocycles. The van der Waals surface area contributed by atoms with Crippen LogP contribution in [0.2, 0.25) is 0 Å². The molecule has 0 bridgehead atoms. The molecule has 0 N–H and O–H groups in total. The maximum atomic E-state index is 13.5. The molecule has 0 amide bonds. The molecule has 8 aromatic rings. The second-order valence-corrected chi connectivity index (χ2v) is 18.8. The van der Waals surface area contributed by atoms with Gasteiger partial charge in [-0.2, -0.15) is 0 Å². The summed E-state index contributed by atoms with van der Waals surface area (Å²) >= 11 is -8.10. The summed E-state index contributed by atoms with van der Waals surface area (Å²) in [4.78, 5) is 45.6. The van der Waals surface area contributed by atoms with Crippen LogP contribution in [0.3, 0.4) is 0 Å². The van der Waals surface area contributed by atoms with Crippen LogP contribution in [0.4, 0.5) is 0 Å². The van der Waals surface area contributed by atoms with Crippen molar-refractivity contribution in [3.8, 4) is 23.0 Å². The van der Waals surface area contributed by atoms with E-state index in [1.807, 2.05) is 125 Å². The van der Waals surface area contributed by atoms with Gasteiger partial charge in [0.05, 0.1) is 0 Å². The maximum absolute atomic E-state index is 13.5. The van der Waals surface area contributed by atoms with E-state index in [4.69, 9.17) is 21.2 Å². The molecule has 12 nitrogen and oxygen atoms in total. The van der Waals surface area contributed by atoms with E-state index in [1.165, 1.54) is 0 Å². The minimum atomic E-state index is -4.05. The number of aryl methyl sites for hydroxylation is 4. The van der Waals surface area contributed by atoms with Crippen molar-refractivity contribution >= 4 is 90.2 Å². The first-order chi connectivity index (χ1) is 28.1. The molecule has 8 rings (SSSR count). The summed E-state index contributed by atoms with van der Waals surface area (Å²) in [6.07, 6.45) is 1.94. The third-order valence-corrected chi connectivity index (χ3v) is 14.5. The molecule has 0 saturated heterocycles. The van der Waals surface area contributed by atoms with Crippen LogP contribution in [0.25, 0.3) is 43.6 Å². The number of fused-ring (bicyclic) bond motifs is 4.